The van der Waals surface area contributed by atoms with Crippen LogP contribution >= 0.6 is 11.6 Å². The van der Waals surface area contributed by atoms with Gasteiger partial charge < -0.3 is 9.32 Å². The van der Waals surface area contributed by atoms with Gasteiger partial charge in [0, 0.05) is 29.3 Å². The second-order valence-electron chi connectivity index (χ2n) is 7.30. The van der Waals surface area contributed by atoms with Crippen LogP contribution < -0.4 is 0 Å². The molecule has 2 heterocycles. The smallest absolute Gasteiger partial charge is 0.249 e. The molecule has 0 spiro atoms. The van der Waals surface area contributed by atoms with Crippen molar-refractivity contribution in [3.05, 3.63) is 83.3 Å². The molecule has 6 nitrogen and oxygen atoms in total. The van der Waals surface area contributed by atoms with Crippen LogP contribution in [0.3, 0.4) is 0 Å². The lowest BCUT2D eigenvalue weighted by atomic mass is 10.1. The largest absolute Gasteiger partial charge is 0.419 e. The van der Waals surface area contributed by atoms with Crippen molar-refractivity contribution in [3.8, 4) is 11.5 Å². The van der Waals surface area contributed by atoms with Gasteiger partial charge in [0.1, 0.15) is 0 Å². The number of hydrogen-bond donors (Lipinski definition) is 0. The molecule has 0 N–H and O–H groups in total. The molecule has 0 unspecified atom stereocenters. The molecule has 156 valence electrons. The highest BCUT2D eigenvalue weighted by Crippen LogP contribution is 2.26. The standard InChI is InChI=1S/C24H21ClN4O2/c1-16(2)29(15-21-27-28-24(31-21)19-10-3-4-11-20(19)25)22(30)13-12-18-8-5-7-17-9-6-14-26-23(17)18/h3-14,16H,15H2,1-2H3. The quantitative estimate of drug-likeness (QED) is 0.382. The van der Waals surface area contributed by atoms with E-state index in [9.17, 15) is 4.79 Å². The molecule has 0 saturated carbocycles. The number of nitrogens with zero attached hydrogens (tertiary/aromatic N) is 4. The Kier molecular flexibility index (Phi) is 6.09. The zero-order chi connectivity index (χ0) is 21.8. The number of benzene rings is 2. The fraction of sp³-hybridized carbons (Fsp3) is 0.167. The number of carbonyl (C=O) groups excluding carboxylic acids is 1. The van der Waals surface area contributed by atoms with Gasteiger partial charge >= 0.3 is 0 Å². The van der Waals surface area contributed by atoms with E-state index in [1.54, 1.807) is 29.3 Å². The minimum atomic E-state index is -0.152. The monoisotopic (exact) mass is 432 g/mol. The number of fused-ring (bicyclic) bond motifs is 1. The molecule has 0 aliphatic rings. The van der Waals surface area contributed by atoms with Crippen LogP contribution in [0.25, 0.3) is 28.4 Å². The van der Waals surface area contributed by atoms with Gasteiger partial charge in [0.25, 0.3) is 0 Å². The van der Waals surface area contributed by atoms with Gasteiger partial charge in [-0.1, -0.05) is 48.0 Å². The van der Waals surface area contributed by atoms with Crippen LogP contribution in [0, 0.1) is 0 Å². The predicted octanol–water partition coefficient (Wildman–Crippen LogP) is 5.39. The molecular formula is C24H21ClN4O2. The van der Waals surface area contributed by atoms with Crippen LogP contribution in [0.1, 0.15) is 25.3 Å². The summed E-state index contributed by atoms with van der Waals surface area (Å²) in [5, 5.41) is 9.73. The average Bonchev–Trinajstić information content (AvgIpc) is 3.24. The Labute approximate surface area is 185 Å². The number of aromatic nitrogens is 3. The van der Waals surface area contributed by atoms with Gasteiger partial charge in [-0.2, -0.15) is 0 Å². The van der Waals surface area contributed by atoms with Crippen molar-refractivity contribution >= 4 is 34.5 Å². The first kappa shape index (κ1) is 20.8. The summed E-state index contributed by atoms with van der Waals surface area (Å²) in [4.78, 5) is 19.0. The molecular weight excluding hydrogens is 412 g/mol. The third-order valence-electron chi connectivity index (χ3n) is 4.85. The molecule has 0 aliphatic carbocycles. The lowest BCUT2D eigenvalue weighted by molar-refractivity contribution is -0.128. The molecule has 0 radical (unpaired) electrons. The highest BCUT2D eigenvalue weighted by molar-refractivity contribution is 6.33. The average molecular weight is 433 g/mol. The van der Waals surface area contributed by atoms with Crippen LogP contribution in [0.4, 0.5) is 0 Å². The Bertz CT molecular complexity index is 1240. The van der Waals surface area contributed by atoms with Crippen LogP contribution in [0.15, 0.2) is 71.3 Å². The third-order valence-corrected chi connectivity index (χ3v) is 5.18. The minimum Gasteiger partial charge on any atom is -0.419 e. The zero-order valence-corrected chi connectivity index (χ0v) is 18.0. The van der Waals surface area contributed by atoms with E-state index >= 15 is 0 Å². The maximum Gasteiger partial charge on any atom is 0.249 e. The number of pyridine rings is 1. The Morgan fingerprint density at radius 2 is 1.90 bits per heavy atom. The van der Waals surface area contributed by atoms with E-state index in [2.05, 4.69) is 15.2 Å². The van der Waals surface area contributed by atoms with E-state index in [0.29, 0.717) is 22.4 Å². The summed E-state index contributed by atoms with van der Waals surface area (Å²) >= 11 is 6.21. The normalized spacial score (nSPS) is 11.5. The lowest BCUT2D eigenvalue weighted by Gasteiger charge is -2.23. The van der Waals surface area contributed by atoms with Gasteiger partial charge in [-0.3, -0.25) is 9.78 Å². The van der Waals surface area contributed by atoms with Gasteiger partial charge in [-0.15, -0.1) is 10.2 Å². The Morgan fingerprint density at radius 3 is 2.71 bits per heavy atom. The third kappa shape index (κ3) is 4.64. The van der Waals surface area contributed by atoms with Gasteiger partial charge in [0.15, 0.2) is 0 Å². The summed E-state index contributed by atoms with van der Waals surface area (Å²) in [5.74, 6) is 0.520. The number of amides is 1. The maximum atomic E-state index is 12.9. The molecule has 7 heteroatoms. The molecule has 1 amide bonds. The molecule has 0 saturated heterocycles. The summed E-state index contributed by atoms with van der Waals surface area (Å²) in [6.45, 7) is 4.08. The van der Waals surface area contributed by atoms with Crippen molar-refractivity contribution in [2.24, 2.45) is 0 Å². The first-order valence-corrected chi connectivity index (χ1v) is 10.3. The molecule has 2 aromatic carbocycles. The number of carbonyl (C=O) groups is 1. The van der Waals surface area contributed by atoms with E-state index < -0.39 is 0 Å². The molecule has 4 aromatic rings. The van der Waals surface area contributed by atoms with Crippen molar-refractivity contribution < 1.29 is 9.21 Å². The Morgan fingerprint density at radius 1 is 1.10 bits per heavy atom. The molecule has 0 bridgehead atoms. The second kappa shape index (κ2) is 9.10. The summed E-state index contributed by atoms with van der Waals surface area (Å²) < 4.78 is 5.77. The van der Waals surface area contributed by atoms with Crippen molar-refractivity contribution in [1.82, 2.24) is 20.1 Å². The van der Waals surface area contributed by atoms with E-state index in [-0.39, 0.29) is 18.5 Å². The molecule has 0 atom stereocenters. The van der Waals surface area contributed by atoms with Gasteiger partial charge in [0.05, 0.1) is 22.6 Å². The maximum absolute atomic E-state index is 12.9. The number of para-hydroxylation sites is 1. The molecule has 4 rings (SSSR count). The fourth-order valence-electron chi connectivity index (χ4n) is 3.24. The topological polar surface area (TPSA) is 72.1 Å². The highest BCUT2D eigenvalue weighted by Gasteiger charge is 2.19. The van der Waals surface area contributed by atoms with Crippen LogP contribution in [-0.4, -0.2) is 32.0 Å². The summed E-state index contributed by atoms with van der Waals surface area (Å²) in [5.41, 5.74) is 2.40. The van der Waals surface area contributed by atoms with Crippen molar-refractivity contribution in [2.45, 2.75) is 26.4 Å². The van der Waals surface area contributed by atoms with E-state index in [1.165, 1.54) is 0 Å². The summed E-state index contributed by atoms with van der Waals surface area (Å²) in [6.07, 6.45) is 5.08. The number of hydrogen-bond acceptors (Lipinski definition) is 5. The molecule has 0 fully saturated rings. The second-order valence-corrected chi connectivity index (χ2v) is 7.70. The zero-order valence-electron chi connectivity index (χ0n) is 17.2. The predicted molar refractivity (Wildman–Crippen MR) is 121 cm³/mol. The van der Waals surface area contributed by atoms with Gasteiger partial charge in [-0.25, -0.2) is 0 Å². The molecule has 31 heavy (non-hydrogen) atoms. The van der Waals surface area contributed by atoms with E-state index in [0.717, 1.165) is 16.5 Å². The Hall–Kier alpha value is -3.51. The van der Waals surface area contributed by atoms with Crippen LogP contribution in [0.2, 0.25) is 5.02 Å². The van der Waals surface area contributed by atoms with Gasteiger partial charge in [-0.05, 0) is 38.1 Å². The van der Waals surface area contributed by atoms with Gasteiger partial charge in [0.2, 0.25) is 17.7 Å². The Balaban J connectivity index is 1.53. The first-order chi connectivity index (χ1) is 15.0. The van der Waals surface area contributed by atoms with Crippen molar-refractivity contribution in [1.29, 1.82) is 0 Å². The highest BCUT2D eigenvalue weighted by atomic mass is 35.5. The molecule has 2 aromatic heterocycles. The van der Waals surface area contributed by atoms with E-state index in [4.69, 9.17) is 16.0 Å². The van der Waals surface area contributed by atoms with Crippen molar-refractivity contribution in [2.75, 3.05) is 0 Å². The van der Waals surface area contributed by atoms with Crippen LogP contribution in [0.5, 0.6) is 0 Å². The first-order valence-electron chi connectivity index (χ1n) is 9.92. The summed E-state index contributed by atoms with van der Waals surface area (Å²) in [7, 11) is 0. The lowest BCUT2D eigenvalue weighted by Crippen LogP contribution is -2.35. The van der Waals surface area contributed by atoms with E-state index in [1.807, 2.05) is 62.4 Å². The van der Waals surface area contributed by atoms with Crippen LogP contribution in [-0.2, 0) is 11.3 Å². The number of rotatable bonds is 6. The summed E-state index contributed by atoms with van der Waals surface area (Å²) in [6, 6.07) is 17.0. The number of halogens is 1. The van der Waals surface area contributed by atoms with Crippen molar-refractivity contribution in [3.63, 3.8) is 0 Å². The molecule has 0 aliphatic heterocycles. The minimum absolute atomic E-state index is 0.0570. The fourth-order valence-corrected chi connectivity index (χ4v) is 3.46. The SMILES string of the molecule is CC(C)N(Cc1nnc(-c2ccccc2Cl)o1)C(=O)C=Cc1cccc2cccnc12.